The number of aromatic nitrogens is 2. The molecule has 8 nitrogen and oxygen atoms in total. The van der Waals surface area contributed by atoms with E-state index in [0.717, 1.165) is 17.4 Å². The maximum absolute atomic E-state index is 13.5. The number of benzene rings is 2. The number of sulfonamides is 1. The molecule has 5 rings (SSSR count). The third-order valence-corrected chi connectivity index (χ3v) is 8.81. The molecule has 1 aromatic heterocycles. The number of halogens is 1. The minimum Gasteiger partial charge on any atom is -0.368 e. The largest absolute Gasteiger partial charge is 0.368 e. The van der Waals surface area contributed by atoms with Gasteiger partial charge in [-0.1, -0.05) is 23.7 Å². The molecule has 0 N–H and O–H groups in total. The second-order valence-corrected chi connectivity index (χ2v) is 10.8. The van der Waals surface area contributed by atoms with Gasteiger partial charge in [-0.3, -0.25) is 4.79 Å². The third kappa shape index (κ3) is 3.85. The van der Waals surface area contributed by atoms with Crippen LogP contribution >= 0.6 is 23.3 Å². The molecule has 32 heavy (non-hydrogen) atoms. The molecule has 2 aromatic carbocycles. The summed E-state index contributed by atoms with van der Waals surface area (Å²) in [5.41, 5.74) is 1.95. The van der Waals surface area contributed by atoms with E-state index in [4.69, 9.17) is 11.6 Å². The van der Waals surface area contributed by atoms with Crippen LogP contribution < -0.4 is 4.90 Å². The maximum atomic E-state index is 13.5. The van der Waals surface area contributed by atoms with E-state index in [0.29, 0.717) is 61.6 Å². The summed E-state index contributed by atoms with van der Waals surface area (Å²) in [6.45, 7) is 2.77. The molecule has 1 unspecified atom stereocenters. The second-order valence-electron chi connectivity index (χ2n) is 7.95. The Kier molecular flexibility index (Phi) is 5.79. The van der Waals surface area contributed by atoms with Crippen molar-refractivity contribution in [3.05, 3.63) is 47.5 Å². The summed E-state index contributed by atoms with van der Waals surface area (Å²) in [5, 5.41) is 0.679. The molecule has 2 aliphatic rings. The lowest BCUT2D eigenvalue weighted by atomic mass is 10.1. The van der Waals surface area contributed by atoms with Crippen LogP contribution in [-0.2, 0) is 14.8 Å². The van der Waals surface area contributed by atoms with Gasteiger partial charge in [0.1, 0.15) is 22.0 Å². The van der Waals surface area contributed by atoms with Crippen LogP contribution in [0.15, 0.2) is 47.4 Å². The molecule has 168 valence electrons. The smallest absolute Gasteiger partial charge is 0.246 e. The summed E-state index contributed by atoms with van der Waals surface area (Å²) in [5.74, 6) is -0.125. The average molecular weight is 492 g/mol. The minimum absolute atomic E-state index is 0.120. The zero-order valence-electron chi connectivity index (χ0n) is 17.2. The first-order valence-electron chi connectivity index (χ1n) is 10.5. The average Bonchev–Trinajstić information content (AvgIpc) is 3.48. The van der Waals surface area contributed by atoms with E-state index in [1.54, 1.807) is 23.1 Å². The summed E-state index contributed by atoms with van der Waals surface area (Å²) in [6.07, 6.45) is 1.18. The second kappa shape index (κ2) is 8.58. The molecule has 3 heterocycles. The molecule has 3 aromatic rings. The Hall–Kier alpha value is -2.27. The number of rotatable bonds is 4. The zero-order valence-corrected chi connectivity index (χ0v) is 19.6. The standard InChI is InChI=1S/C21H22ClN5O3S2/c22-15-4-1-5-16(14-15)25-10-12-26(13-11-25)21(28)18-7-3-9-27(18)32(29,30)19-8-2-6-17-20(19)24-31-23-17/h1-2,4-6,8,14,18H,3,7,9-13H2. The topological polar surface area (TPSA) is 86.7 Å². The summed E-state index contributed by atoms with van der Waals surface area (Å²) < 4.78 is 36.6. The van der Waals surface area contributed by atoms with Gasteiger partial charge in [-0.05, 0) is 43.2 Å². The number of nitrogens with zero attached hydrogens (tertiary/aromatic N) is 5. The number of fused-ring (bicyclic) bond motifs is 1. The van der Waals surface area contributed by atoms with Crippen LogP contribution in [0.5, 0.6) is 0 Å². The highest BCUT2D eigenvalue weighted by Crippen LogP contribution is 2.31. The van der Waals surface area contributed by atoms with Gasteiger partial charge in [0, 0.05) is 43.4 Å². The molecule has 1 atom stereocenters. The molecule has 0 saturated carbocycles. The first kappa shape index (κ1) is 21.6. The number of hydrogen-bond donors (Lipinski definition) is 0. The van der Waals surface area contributed by atoms with Crippen molar-refractivity contribution in [3.63, 3.8) is 0 Å². The Morgan fingerprint density at radius 2 is 1.81 bits per heavy atom. The Morgan fingerprint density at radius 3 is 2.59 bits per heavy atom. The molecule has 1 amide bonds. The number of amides is 1. The minimum atomic E-state index is -3.86. The quantitative estimate of drug-likeness (QED) is 0.557. The SMILES string of the molecule is O=C(C1CCCN1S(=O)(=O)c1cccc2nsnc12)N1CCN(c2cccc(Cl)c2)CC1. The van der Waals surface area contributed by atoms with Gasteiger partial charge in [0.05, 0.1) is 11.7 Å². The highest BCUT2D eigenvalue weighted by atomic mass is 35.5. The predicted molar refractivity (Wildman–Crippen MR) is 125 cm³/mol. The molecular formula is C21H22ClN5O3S2. The van der Waals surface area contributed by atoms with Gasteiger partial charge in [0.25, 0.3) is 0 Å². The van der Waals surface area contributed by atoms with Gasteiger partial charge in [-0.2, -0.15) is 13.1 Å². The fourth-order valence-corrected chi connectivity index (χ4v) is 7.05. The van der Waals surface area contributed by atoms with Crippen LogP contribution in [0, 0.1) is 0 Å². The third-order valence-electron chi connectivity index (χ3n) is 6.09. The summed E-state index contributed by atoms with van der Waals surface area (Å²) in [7, 11) is -3.86. The van der Waals surface area contributed by atoms with Crippen molar-refractivity contribution in [2.75, 3.05) is 37.6 Å². The Bertz CT molecular complexity index is 1260. The van der Waals surface area contributed by atoms with E-state index in [9.17, 15) is 13.2 Å². The lowest BCUT2D eigenvalue weighted by Gasteiger charge is -2.38. The van der Waals surface area contributed by atoms with Crippen molar-refractivity contribution in [1.82, 2.24) is 18.0 Å². The van der Waals surface area contributed by atoms with Crippen LogP contribution in [0.3, 0.4) is 0 Å². The zero-order chi connectivity index (χ0) is 22.3. The lowest BCUT2D eigenvalue weighted by Crippen LogP contribution is -2.54. The predicted octanol–water partition coefficient (Wildman–Crippen LogP) is 2.85. The van der Waals surface area contributed by atoms with Crippen LogP contribution in [0.1, 0.15) is 12.8 Å². The molecule has 2 fully saturated rings. The van der Waals surface area contributed by atoms with Gasteiger partial charge < -0.3 is 9.80 Å². The highest BCUT2D eigenvalue weighted by Gasteiger charge is 2.42. The molecule has 0 bridgehead atoms. The molecule has 0 spiro atoms. The van der Waals surface area contributed by atoms with Gasteiger partial charge >= 0.3 is 0 Å². The molecule has 11 heteroatoms. The summed E-state index contributed by atoms with van der Waals surface area (Å²) in [4.78, 5) is 17.4. The Balaban J connectivity index is 1.33. The van der Waals surface area contributed by atoms with E-state index in [-0.39, 0.29) is 10.8 Å². The number of hydrogen-bond acceptors (Lipinski definition) is 7. The Labute approximate surface area is 195 Å². The van der Waals surface area contributed by atoms with Gasteiger partial charge in [-0.25, -0.2) is 8.42 Å². The van der Waals surface area contributed by atoms with Crippen molar-refractivity contribution in [1.29, 1.82) is 0 Å². The van der Waals surface area contributed by atoms with E-state index in [1.165, 1.54) is 4.31 Å². The van der Waals surface area contributed by atoms with E-state index >= 15 is 0 Å². The summed E-state index contributed by atoms with van der Waals surface area (Å²) in [6, 6.07) is 11.9. The Morgan fingerprint density at radius 1 is 1.03 bits per heavy atom. The summed E-state index contributed by atoms with van der Waals surface area (Å²) >= 11 is 7.09. The van der Waals surface area contributed by atoms with Crippen molar-refractivity contribution in [2.45, 2.75) is 23.8 Å². The van der Waals surface area contributed by atoms with E-state index in [2.05, 4.69) is 13.6 Å². The molecule has 0 aliphatic carbocycles. The number of anilines is 1. The fourth-order valence-electron chi connectivity index (χ4n) is 4.46. The molecule has 2 aliphatic heterocycles. The van der Waals surface area contributed by atoms with Crippen LogP contribution in [0.2, 0.25) is 5.02 Å². The fraction of sp³-hybridized carbons (Fsp3) is 0.381. The van der Waals surface area contributed by atoms with Gasteiger partial charge in [0.2, 0.25) is 15.9 Å². The first-order chi connectivity index (χ1) is 15.4. The first-order valence-corrected chi connectivity index (χ1v) is 13.0. The van der Waals surface area contributed by atoms with Gasteiger partial charge in [-0.15, -0.1) is 0 Å². The molecular weight excluding hydrogens is 470 g/mol. The van der Waals surface area contributed by atoms with Crippen molar-refractivity contribution >= 4 is 56.0 Å². The lowest BCUT2D eigenvalue weighted by molar-refractivity contribution is -0.134. The van der Waals surface area contributed by atoms with Crippen LogP contribution in [-0.4, -0.2) is 71.0 Å². The van der Waals surface area contributed by atoms with E-state index in [1.807, 2.05) is 24.3 Å². The number of carbonyl (C=O) groups is 1. The van der Waals surface area contributed by atoms with Crippen molar-refractivity contribution in [2.24, 2.45) is 0 Å². The van der Waals surface area contributed by atoms with E-state index < -0.39 is 16.1 Å². The number of piperazine rings is 1. The number of carbonyl (C=O) groups excluding carboxylic acids is 1. The van der Waals surface area contributed by atoms with Crippen LogP contribution in [0.4, 0.5) is 5.69 Å². The van der Waals surface area contributed by atoms with Crippen LogP contribution in [0.25, 0.3) is 11.0 Å². The molecule has 2 saturated heterocycles. The van der Waals surface area contributed by atoms with Crippen molar-refractivity contribution in [3.8, 4) is 0 Å². The maximum Gasteiger partial charge on any atom is 0.246 e. The highest BCUT2D eigenvalue weighted by molar-refractivity contribution is 7.89. The monoisotopic (exact) mass is 491 g/mol. The normalized spacial score (nSPS) is 20.2. The molecule has 0 radical (unpaired) electrons. The van der Waals surface area contributed by atoms with Gasteiger partial charge in [0.15, 0.2) is 0 Å². The van der Waals surface area contributed by atoms with Crippen molar-refractivity contribution < 1.29 is 13.2 Å².